The van der Waals surface area contributed by atoms with E-state index >= 15 is 0 Å². The number of nitrogens with one attached hydrogen (secondary N) is 1. The zero-order valence-electron chi connectivity index (χ0n) is 14.8. The van der Waals surface area contributed by atoms with Crippen molar-refractivity contribution in [3.05, 3.63) is 32.7 Å². The number of nitrogens with zero attached hydrogens (tertiary/aromatic N) is 3. The summed E-state index contributed by atoms with van der Waals surface area (Å²) in [6.45, 7) is 4.52. The van der Waals surface area contributed by atoms with Gasteiger partial charge in [-0.05, 0) is 25.7 Å². The molecule has 26 heavy (non-hydrogen) atoms. The summed E-state index contributed by atoms with van der Waals surface area (Å²) in [4.78, 5) is 34.0. The molecule has 2 aromatic heterocycles. The van der Waals surface area contributed by atoms with Gasteiger partial charge in [0.1, 0.15) is 5.56 Å². The van der Waals surface area contributed by atoms with Crippen LogP contribution in [0.3, 0.4) is 0 Å². The Morgan fingerprint density at radius 3 is 2.88 bits per heavy atom. The van der Waals surface area contributed by atoms with Crippen LogP contribution in [0.2, 0.25) is 0 Å². The Bertz CT molecular complexity index is 854. The Hall–Kier alpha value is -1.77. The lowest BCUT2D eigenvalue weighted by Crippen LogP contribution is -2.42. The van der Waals surface area contributed by atoms with E-state index in [0.29, 0.717) is 11.5 Å². The maximum atomic E-state index is 12.9. The van der Waals surface area contributed by atoms with Crippen molar-refractivity contribution in [2.24, 2.45) is 0 Å². The first kappa shape index (κ1) is 17.6. The van der Waals surface area contributed by atoms with E-state index in [1.165, 1.54) is 17.5 Å². The van der Waals surface area contributed by atoms with Gasteiger partial charge in [-0.2, -0.15) is 0 Å². The molecule has 0 radical (unpaired) electrons. The van der Waals surface area contributed by atoms with Gasteiger partial charge in [0.2, 0.25) is 0 Å². The third-order valence-corrected chi connectivity index (χ3v) is 6.27. The third-order valence-electron chi connectivity index (χ3n) is 5.11. The van der Waals surface area contributed by atoms with Gasteiger partial charge in [0, 0.05) is 42.9 Å². The highest BCUT2D eigenvalue weighted by Gasteiger charge is 2.20. The molecular weight excluding hydrogens is 352 g/mol. The molecule has 1 fully saturated rings. The molecule has 0 saturated carbocycles. The number of rotatable bonds is 4. The SMILES string of the molecule is O=C(NCCN1CCOCC1)c1cnc2sc3c(n2c1=O)CCCCC3. The number of carbonyl (C=O) groups is 1. The molecule has 2 aliphatic rings. The van der Waals surface area contributed by atoms with Crippen LogP contribution in [0.15, 0.2) is 11.0 Å². The summed E-state index contributed by atoms with van der Waals surface area (Å²) in [5, 5.41) is 2.87. The molecule has 0 bridgehead atoms. The Morgan fingerprint density at radius 2 is 2.04 bits per heavy atom. The number of carbonyl (C=O) groups excluding carboxylic acids is 1. The molecule has 0 atom stereocenters. The van der Waals surface area contributed by atoms with Crippen LogP contribution < -0.4 is 10.9 Å². The topological polar surface area (TPSA) is 75.9 Å². The van der Waals surface area contributed by atoms with E-state index in [4.69, 9.17) is 4.74 Å². The second-order valence-corrected chi connectivity index (χ2v) is 7.90. The number of fused-ring (bicyclic) bond motifs is 3. The fraction of sp³-hybridized carbons (Fsp3) is 0.611. The van der Waals surface area contributed by atoms with E-state index in [1.807, 2.05) is 0 Å². The van der Waals surface area contributed by atoms with Crippen LogP contribution in [0.5, 0.6) is 0 Å². The maximum absolute atomic E-state index is 12.9. The van der Waals surface area contributed by atoms with Crippen molar-refractivity contribution in [3.63, 3.8) is 0 Å². The molecule has 140 valence electrons. The van der Waals surface area contributed by atoms with E-state index in [9.17, 15) is 9.59 Å². The van der Waals surface area contributed by atoms with E-state index < -0.39 is 0 Å². The number of thiazole rings is 1. The smallest absolute Gasteiger partial charge is 0.271 e. The van der Waals surface area contributed by atoms with E-state index in [2.05, 4.69) is 15.2 Å². The zero-order chi connectivity index (χ0) is 17.9. The average molecular weight is 376 g/mol. The summed E-state index contributed by atoms with van der Waals surface area (Å²) < 4.78 is 6.99. The predicted molar refractivity (Wildman–Crippen MR) is 100 cm³/mol. The van der Waals surface area contributed by atoms with Gasteiger partial charge >= 0.3 is 0 Å². The van der Waals surface area contributed by atoms with Crippen LogP contribution in [0, 0.1) is 0 Å². The molecule has 1 saturated heterocycles. The Balaban J connectivity index is 1.50. The van der Waals surface area contributed by atoms with Crippen molar-refractivity contribution in [3.8, 4) is 0 Å². The fourth-order valence-electron chi connectivity index (χ4n) is 3.65. The monoisotopic (exact) mass is 376 g/mol. The lowest BCUT2D eigenvalue weighted by atomic mass is 10.2. The summed E-state index contributed by atoms with van der Waals surface area (Å²) >= 11 is 1.59. The lowest BCUT2D eigenvalue weighted by Gasteiger charge is -2.26. The quantitative estimate of drug-likeness (QED) is 0.809. The van der Waals surface area contributed by atoms with Crippen LogP contribution in [-0.2, 0) is 17.6 Å². The van der Waals surface area contributed by atoms with Crippen molar-refractivity contribution in [1.82, 2.24) is 19.6 Å². The second-order valence-electron chi connectivity index (χ2n) is 6.84. The number of ether oxygens (including phenoxy) is 1. The van der Waals surface area contributed by atoms with Crippen LogP contribution >= 0.6 is 11.3 Å². The van der Waals surface area contributed by atoms with Crippen LogP contribution in [0.1, 0.15) is 40.2 Å². The first-order chi connectivity index (χ1) is 12.7. The highest BCUT2D eigenvalue weighted by molar-refractivity contribution is 7.17. The molecule has 3 heterocycles. The third kappa shape index (κ3) is 3.54. The molecule has 0 aromatic carbocycles. The molecular formula is C18H24N4O3S. The minimum atomic E-state index is -0.335. The van der Waals surface area contributed by atoms with Gasteiger partial charge in [0.25, 0.3) is 11.5 Å². The normalized spacial score (nSPS) is 18.5. The molecule has 1 amide bonds. The van der Waals surface area contributed by atoms with Crippen molar-refractivity contribution >= 4 is 22.2 Å². The van der Waals surface area contributed by atoms with Gasteiger partial charge < -0.3 is 10.1 Å². The molecule has 7 nitrogen and oxygen atoms in total. The second kappa shape index (κ2) is 7.85. The van der Waals surface area contributed by atoms with E-state index in [0.717, 1.165) is 64.2 Å². The number of hydrogen-bond acceptors (Lipinski definition) is 6. The Morgan fingerprint density at radius 1 is 1.23 bits per heavy atom. The number of aryl methyl sites for hydroxylation is 2. The minimum Gasteiger partial charge on any atom is -0.379 e. The molecule has 2 aromatic rings. The van der Waals surface area contributed by atoms with Gasteiger partial charge in [0.15, 0.2) is 4.96 Å². The molecule has 0 unspecified atom stereocenters. The number of amides is 1. The van der Waals surface area contributed by atoms with Gasteiger partial charge in [0.05, 0.1) is 13.2 Å². The molecule has 1 aliphatic carbocycles. The standard InChI is InChI=1S/C18H24N4O3S/c23-16(19-6-7-21-8-10-25-11-9-21)13-12-20-18-22(17(13)24)14-4-2-1-3-5-15(14)26-18/h12H,1-11H2,(H,19,23). The number of morpholine rings is 1. The molecule has 8 heteroatoms. The zero-order valence-corrected chi connectivity index (χ0v) is 15.6. The summed E-state index contributed by atoms with van der Waals surface area (Å²) in [5.74, 6) is -0.335. The minimum absolute atomic E-state index is 0.134. The summed E-state index contributed by atoms with van der Waals surface area (Å²) in [6.07, 6.45) is 6.75. The van der Waals surface area contributed by atoms with E-state index in [-0.39, 0.29) is 17.0 Å². The average Bonchev–Trinajstić information content (AvgIpc) is 2.85. The highest BCUT2D eigenvalue weighted by atomic mass is 32.1. The van der Waals surface area contributed by atoms with Gasteiger partial charge in [-0.1, -0.05) is 6.42 Å². The maximum Gasteiger partial charge on any atom is 0.271 e. The Labute approximate surface area is 156 Å². The number of aromatic nitrogens is 2. The molecule has 1 N–H and O–H groups in total. The molecule has 1 aliphatic heterocycles. The highest BCUT2D eigenvalue weighted by Crippen LogP contribution is 2.27. The van der Waals surface area contributed by atoms with Crippen LogP contribution in [0.4, 0.5) is 0 Å². The van der Waals surface area contributed by atoms with Gasteiger partial charge in [-0.3, -0.25) is 18.9 Å². The summed E-state index contributed by atoms with van der Waals surface area (Å²) in [7, 11) is 0. The predicted octanol–water partition coefficient (Wildman–Crippen LogP) is 1.09. The largest absolute Gasteiger partial charge is 0.379 e. The van der Waals surface area contributed by atoms with Crippen molar-refractivity contribution in [2.75, 3.05) is 39.4 Å². The van der Waals surface area contributed by atoms with Gasteiger partial charge in [-0.25, -0.2) is 4.98 Å². The van der Waals surface area contributed by atoms with Crippen molar-refractivity contribution < 1.29 is 9.53 Å². The van der Waals surface area contributed by atoms with Gasteiger partial charge in [-0.15, -0.1) is 11.3 Å². The lowest BCUT2D eigenvalue weighted by molar-refractivity contribution is 0.0383. The summed E-state index contributed by atoms with van der Waals surface area (Å²) in [5.41, 5.74) is 0.954. The number of hydrogen-bond donors (Lipinski definition) is 1. The van der Waals surface area contributed by atoms with Crippen molar-refractivity contribution in [1.29, 1.82) is 0 Å². The Kier molecular flexibility index (Phi) is 5.33. The van der Waals surface area contributed by atoms with E-state index in [1.54, 1.807) is 15.7 Å². The summed E-state index contributed by atoms with van der Waals surface area (Å²) in [6, 6.07) is 0. The van der Waals surface area contributed by atoms with Crippen LogP contribution in [0.25, 0.3) is 4.96 Å². The first-order valence-corrected chi connectivity index (χ1v) is 10.2. The van der Waals surface area contributed by atoms with Crippen LogP contribution in [-0.4, -0.2) is 59.6 Å². The fourth-order valence-corrected chi connectivity index (χ4v) is 4.82. The molecule has 0 spiro atoms. The molecule has 4 rings (SSSR count). The van der Waals surface area contributed by atoms with Crippen molar-refractivity contribution in [2.45, 2.75) is 32.1 Å². The first-order valence-electron chi connectivity index (χ1n) is 9.34.